The number of hydrogen-bond acceptors (Lipinski definition) is 13. The highest BCUT2D eigenvalue weighted by Gasteiger charge is 2.35. The van der Waals surface area contributed by atoms with Crippen molar-refractivity contribution in [1.82, 2.24) is 30.4 Å². The molecule has 0 saturated heterocycles. The van der Waals surface area contributed by atoms with Crippen molar-refractivity contribution in [3.8, 4) is 16.9 Å². The monoisotopic (exact) mass is 687 g/mol. The third-order valence-electron chi connectivity index (χ3n) is 6.05. The van der Waals surface area contributed by atoms with Gasteiger partial charge in [0.05, 0.1) is 22.4 Å². The fourth-order valence-corrected chi connectivity index (χ4v) is 4.68. The lowest BCUT2D eigenvalue weighted by molar-refractivity contribution is -0.233. The predicted molar refractivity (Wildman–Crippen MR) is 159 cm³/mol. The Morgan fingerprint density at radius 3 is 2.26 bits per heavy atom. The van der Waals surface area contributed by atoms with Gasteiger partial charge in [-0.1, -0.05) is 36.8 Å². The molecular formula is C28H34F3N6O9S-. The molecule has 1 atom stereocenters. The maximum absolute atomic E-state index is 13.5. The number of rotatable bonds is 14. The van der Waals surface area contributed by atoms with Crippen molar-refractivity contribution in [2.24, 2.45) is 0 Å². The molecule has 0 radical (unpaired) electrons. The Balaban J connectivity index is 1.58. The largest absolute Gasteiger partial charge is 0.756 e. The molecule has 19 heteroatoms. The van der Waals surface area contributed by atoms with Crippen LogP contribution >= 0.6 is 0 Å². The van der Waals surface area contributed by atoms with E-state index in [4.69, 9.17) is 19.0 Å². The summed E-state index contributed by atoms with van der Waals surface area (Å²) in [5.74, 6) is 0. The van der Waals surface area contributed by atoms with Gasteiger partial charge in [0.2, 0.25) is 6.29 Å². The number of alkyl halides is 3. The minimum Gasteiger partial charge on any atom is -0.756 e. The Morgan fingerprint density at radius 1 is 1.04 bits per heavy atom. The van der Waals surface area contributed by atoms with Crippen LogP contribution in [0.25, 0.3) is 16.9 Å². The zero-order valence-corrected chi connectivity index (χ0v) is 26.8. The Labute approximate surface area is 268 Å². The molecule has 2 N–H and O–H groups in total. The van der Waals surface area contributed by atoms with Crippen molar-refractivity contribution in [1.29, 1.82) is 0 Å². The van der Waals surface area contributed by atoms with Crippen LogP contribution in [0.3, 0.4) is 0 Å². The second kappa shape index (κ2) is 16.0. The van der Waals surface area contributed by atoms with Gasteiger partial charge >= 0.3 is 18.4 Å². The minimum atomic E-state index is -4.72. The first-order chi connectivity index (χ1) is 22.0. The summed E-state index contributed by atoms with van der Waals surface area (Å²) < 4.78 is 83.2. The van der Waals surface area contributed by atoms with Crippen LogP contribution in [0.1, 0.15) is 39.0 Å². The fourth-order valence-electron chi connectivity index (χ4n) is 3.79. The summed E-state index contributed by atoms with van der Waals surface area (Å²) >= 11 is 0. The van der Waals surface area contributed by atoms with Gasteiger partial charge in [-0.25, -0.2) is 42.5 Å². The number of nitrogens with zero attached hydrogens (tertiary/aromatic N) is 4. The van der Waals surface area contributed by atoms with E-state index in [0.29, 0.717) is 5.56 Å². The first-order valence-electron chi connectivity index (χ1n) is 14.0. The van der Waals surface area contributed by atoms with Crippen molar-refractivity contribution in [3.63, 3.8) is 0 Å². The highest BCUT2D eigenvalue weighted by molar-refractivity contribution is 7.90. The van der Waals surface area contributed by atoms with E-state index >= 15 is 0 Å². The van der Waals surface area contributed by atoms with E-state index in [1.807, 2.05) is 12.5 Å². The van der Waals surface area contributed by atoms with Crippen molar-refractivity contribution in [2.75, 3.05) is 19.7 Å². The van der Waals surface area contributed by atoms with Crippen LogP contribution in [0.4, 0.5) is 22.8 Å². The summed E-state index contributed by atoms with van der Waals surface area (Å²) in [6.45, 7) is 7.46. The molecule has 258 valence electrons. The lowest BCUT2D eigenvalue weighted by Gasteiger charge is -2.38. The molecule has 15 nitrogen and oxygen atoms in total. The number of sulfonamides is 1. The number of hydrazine groups is 2. The Bertz CT molecular complexity index is 1600. The number of halogens is 3. The van der Waals surface area contributed by atoms with E-state index in [0.717, 1.165) is 33.5 Å². The number of hydrogen-bond donors (Lipinski definition) is 2. The Morgan fingerprint density at radius 2 is 1.68 bits per heavy atom. The summed E-state index contributed by atoms with van der Waals surface area (Å²) in [5.41, 5.74) is 2.47. The molecule has 0 bridgehead atoms. The summed E-state index contributed by atoms with van der Waals surface area (Å²) in [7, 11) is -4.46. The van der Waals surface area contributed by atoms with Crippen LogP contribution in [0, 0.1) is 12.1 Å². The third-order valence-corrected chi connectivity index (χ3v) is 7.38. The van der Waals surface area contributed by atoms with Gasteiger partial charge in [0.25, 0.3) is 10.0 Å². The molecule has 1 aromatic heterocycles. The number of carbonyl (C=O) groups is 2. The Kier molecular flexibility index (Phi) is 12.7. The summed E-state index contributed by atoms with van der Waals surface area (Å²) in [6, 6.07) is 12.3. The number of carbonyl (C=O) groups excluding carboxylic acids is 2. The summed E-state index contributed by atoms with van der Waals surface area (Å²) in [4.78, 5) is 28.2. The number of amides is 1. The molecule has 0 fully saturated rings. The molecule has 0 aliphatic carbocycles. The highest BCUT2D eigenvalue weighted by Crippen LogP contribution is 2.33. The number of likely N-dealkylation sites (N-methyl/N-ethyl adjacent to an activating group) is 1. The first-order valence-corrected chi connectivity index (χ1v) is 15.5. The van der Waals surface area contributed by atoms with Gasteiger partial charge in [-0.15, -0.1) is 5.59 Å². The number of aryl methyl sites for hydroxylation is 1. The lowest BCUT2D eigenvalue weighted by Crippen LogP contribution is -2.49. The van der Waals surface area contributed by atoms with E-state index in [-0.39, 0.29) is 34.6 Å². The summed E-state index contributed by atoms with van der Waals surface area (Å²) in [5, 5.41) is 17.2. The number of benzene rings is 2. The van der Waals surface area contributed by atoms with Crippen LogP contribution in [-0.4, -0.2) is 72.8 Å². The maximum atomic E-state index is 13.5. The van der Waals surface area contributed by atoms with Crippen LogP contribution in [-0.2, 0) is 35.2 Å². The fraction of sp³-hybridized carbons (Fsp3) is 0.393. The van der Waals surface area contributed by atoms with Gasteiger partial charge in [-0.05, 0) is 51.1 Å². The molecule has 47 heavy (non-hydrogen) atoms. The predicted octanol–water partition coefficient (Wildman–Crippen LogP) is 4.66. The van der Waals surface area contributed by atoms with Crippen molar-refractivity contribution < 1.29 is 50.2 Å². The van der Waals surface area contributed by atoms with Crippen molar-refractivity contribution in [3.05, 3.63) is 71.1 Å². The van der Waals surface area contributed by atoms with E-state index in [9.17, 15) is 36.4 Å². The normalized spacial score (nSPS) is 12.8. The second-order valence-electron chi connectivity index (χ2n) is 10.1. The molecule has 1 heterocycles. The molecule has 0 spiro atoms. The topological polar surface area (TPSA) is 177 Å². The zero-order chi connectivity index (χ0) is 34.9. The third kappa shape index (κ3) is 10.9. The van der Waals surface area contributed by atoms with Gasteiger partial charge in [0.15, 0.2) is 5.69 Å². The zero-order valence-electron chi connectivity index (χ0n) is 26.0. The van der Waals surface area contributed by atoms with Crippen molar-refractivity contribution in [2.45, 2.75) is 58.1 Å². The molecule has 0 aliphatic heterocycles. The number of nitrogens with one attached hydrogen (secondary N) is 2. The molecule has 1 amide bonds. The van der Waals surface area contributed by atoms with Crippen LogP contribution in [0.2, 0.25) is 0 Å². The summed E-state index contributed by atoms with van der Waals surface area (Å²) in [6.07, 6.45) is -8.70. The maximum Gasteiger partial charge on any atom is 0.510 e. The van der Waals surface area contributed by atoms with Crippen LogP contribution < -0.4 is 10.3 Å². The van der Waals surface area contributed by atoms with Gasteiger partial charge in [0.1, 0.15) is 6.61 Å². The number of aromatic nitrogens is 2. The van der Waals surface area contributed by atoms with Gasteiger partial charge < -0.3 is 19.4 Å². The molecule has 1 unspecified atom stereocenters. The van der Waals surface area contributed by atoms with Gasteiger partial charge in [-0.3, -0.25) is 0 Å². The van der Waals surface area contributed by atoms with Crippen LogP contribution in [0.5, 0.6) is 0 Å². The minimum absolute atomic E-state index is 0.104. The van der Waals surface area contributed by atoms with E-state index in [1.54, 1.807) is 49.8 Å². The van der Waals surface area contributed by atoms with Crippen LogP contribution in [0.15, 0.2) is 59.5 Å². The molecular weight excluding hydrogens is 653 g/mol. The average molecular weight is 688 g/mol. The van der Waals surface area contributed by atoms with Gasteiger partial charge in [0, 0.05) is 25.6 Å². The van der Waals surface area contributed by atoms with E-state index in [1.165, 1.54) is 19.1 Å². The number of ether oxygens (including phenoxy) is 3. The Hall–Kier alpha value is -4.27. The molecule has 0 saturated carbocycles. The first kappa shape index (κ1) is 37.2. The standard InChI is InChI=1S/C28H34F3N6O9S/c1-6-35(37(40)34-46-20(5)45-27(39)44-18(2)3)15-16-43-26(38)33-47(41,42)23-13-11-22(12-14-23)36-24(17-25(32-36)28(29,30)31)21-9-7-19(4)8-10-21/h7-14,17-18,20,34H,6,15-16H2,1-5H3,(H,33,38)/q-1. The van der Waals surface area contributed by atoms with E-state index in [2.05, 4.69) is 5.10 Å². The second-order valence-corrected chi connectivity index (χ2v) is 11.7. The quantitative estimate of drug-likeness (QED) is 0.136. The smallest absolute Gasteiger partial charge is 0.510 e. The average Bonchev–Trinajstić information content (AvgIpc) is 3.44. The lowest BCUT2D eigenvalue weighted by atomic mass is 10.1. The highest BCUT2D eigenvalue weighted by atomic mass is 32.2. The van der Waals surface area contributed by atoms with E-state index < -0.39 is 53.1 Å². The SMILES string of the molecule is CCN(CCOC(=O)NS(=O)(=O)c1ccc(-n2nc(C(F)(F)F)cc2-c2ccc(C)cc2)cc1)N([O-])NOC(C)OC(=O)OC(C)C. The van der Waals surface area contributed by atoms with Crippen molar-refractivity contribution >= 4 is 22.3 Å². The molecule has 0 aliphatic rings. The van der Waals surface area contributed by atoms with Gasteiger partial charge in [-0.2, -0.15) is 18.3 Å². The molecule has 3 rings (SSSR count). The molecule has 2 aromatic carbocycles. The molecule has 3 aromatic rings.